The van der Waals surface area contributed by atoms with Gasteiger partial charge < -0.3 is 4.90 Å². The fraction of sp³-hybridized carbons (Fsp3) is 0.680. The highest BCUT2D eigenvalue weighted by atomic mass is 35.5. The van der Waals surface area contributed by atoms with Crippen molar-refractivity contribution in [3.8, 4) is 0 Å². The Kier molecular flexibility index (Phi) is 4.44. The monoisotopic (exact) mass is 412 g/mol. The summed E-state index contributed by atoms with van der Waals surface area (Å²) in [6, 6.07) is 4.55. The van der Waals surface area contributed by atoms with Crippen molar-refractivity contribution in [2.24, 2.45) is 28.6 Å². The van der Waals surface area contributed by atoms with Crippen molar-refractivity contribution in [3.05, 3.63) is 40.3 Å². The fourth-order valence-electron chi connectivity index (χ4n) is 8.01. The van der Waals surface area contributed by atoms with Crippen LogP contribution in [0.5, 0.6) is 0 Å². The molecule has 5 rings (SSSR count). The summed E-state index contributed by atoms with van der Waals surface area (Å²) in [7, 11) is 1.93. The molecule has 1 amide bonds. The second-order valence-electron chi connectivity index (χ2n) is 10.6. The van der Waals surface area contributed by atoms with Crippen molar-refractivity contribution < 1.29 is 4.79 Å². The molecule has 0 bridgehead atoms. The first-order valence-corrected chi connectivity index (χ1v) is 11.7. The average molecular weight is 413 g/mol. The van der Waals surface area contributed by atoms with E-state index in [9.17, 15) is 4.79 Å². The zero-order chi connectivity index (χ0) is 20.6. The van der Waals surface area contributed by atoms with E-state index >= 15 is 0 Å². The first kappa shape index (κ1) is 19.6. The number of aromatic nitrogens is 1. The number of hydrogen-bond acceptors (Lipinski definition) is 2. The Bertz CT molecular complexity index is 895. The maximum absolute atomic E-state index is 12.4. The van der Waals surface area contributed by atoms with Gasteiger partial charge in [0.05, 0.1) is 0 Å². The predicted octanol–water partition coefficient (Wildman–Crippen LogP) is 6.03. The third kappa shape index (κ3) is 2.69. The number of nitrogens with zero attached hydrogens (tertiary/aromatic N) is 2. The molecule has 1 aromatic rings. The smallest absolute Gasteiger partial charge is 0.226 e. The van der Waals surface area contributed by atoms with E-state index in [0.717, 1.165) is 35.2 Å². The Morgan fingerprint density at radius 2 is 1.97 bits per heavy atom. The number of likely N-dealkylation sites (tertiary alicyclic amines) is 1. The first-order chi connectivity index (χ1) is 13.8. The number of carbonyl (C=O) groups is 1. The van der Waals surface area contributed by atoms with Gasteiger partial charge in [0.1, 0.15) is 0 Å². The quantitative estimate of drug-likeness (QED) is 0.564. The van der Waals surface area contributed by atoms with Crippen LogP contribution in [0.3, 0.4) is 0 Å². The van der Waals surface area contributed by atoms with Gasteiger partial charge in [0, 0.05) is 41.5 Å². The van der Waals surface area contributed by atoms with Gasteiger partial charge in [0.15, 0.2) is 0 Å². The van der Waals surface area contributed by atoms with Crippen LogP contribution < -0.4 is 0 Å². The zero-order valence-corrected chi connectivity index (χ0v) is 18.9. The molecule has 3 nitrogen and oxygen atoms in total. The summed E-state index contributed by atoms with van der Waals surface area (Å²) in [6.07, 6.45) is 9.66. The number of fused-ring (bicyclic) bond motifs is 5. The summed E-state index contributed by atoms with van der Waals surface area (Å²) in [5, 5.41) is 0.955. The molecule has 2 saturated carbocycles. The molecule has 29 heavy (non-hydrogen) atoms. The summed E-state index contributed by atoms with van der Waals surface area (Å²) >= 11 is 6.95. The molecular weight excluding hydrogens is 380 g/mol. The van der Waals surface area contributed by atoms with Crippen molar-refractivity contribution in [1.29, 1.82) is 0 Å². The van der Waals surface area contributed by atoms with Crippen molar-refractivity contribution in [2.75, 3.05) is 7.05 Å². The number of rotatable bonds is 1. The minimum absolute atomic E-state index is 0.0509. The van der Waals surface area contributed by atoms with Crippen molar-refractivity contribution in [3.63, 3.8) is 0 Å². The number of allylic oxidation sites excluding steroid dienone is 2. The largest absolute Gasteiger partial charge is 0.318 e. The maximum atomic E-state index is 12.4. The van der Waals surface area contributed by atoms with Gasteiger partial charge in [-0.1, -0.05) is 25.4 Å². The van der Waals surface area contributed by atoms with Gasteiger partial charge >= 0.3 is 0 Å². The molecule has 3 aliphatic carbocycles. The topological polar surface area (TPSA) is 33.2 Å². The number of pyridine rings is 1. The van der Waals surface area contributed by atoms with E-state index in [4.69, 9.17) is 11.6 Å². The standard InChI is InChI=1S/C25H33ClN2O/c1-15-13-16(9-12-27-15)18-5-6-19-17-14-21(26)23-25(3,11-8-22(29)28(23)4)20(17)7-10-24(18,19)2/h9,12-13,17-20H,5-8,10-11,14H2,1-4H3/t17-,18?,19-,20+,24+,25+/m0/s1. The first-order valence-electron chi connectivity index (χ1n) is 11.3. The second-order valence-corrected chi connectivity index (χ2v) is 11.1. The Balaban J connectivity index is 1.52. The molecular formula is C25H33ClN2O. The van der Waals surface area contributed by atoms with Crippen LogP contribution in [0.15, 0.2) is 29.1 Å². The van der Waals surface area contributed by atoms with E-state index in [1.54, 1.807) is 0 Å². The molecule has 1 saturated heterocycles. The minimum Gasteiger partial charge on any atom is -0.318 e. The lowest BCUT2D eigenvalue weighted by Gasteiger charge is -2.59. The van der Waals surface area contributed by atoms with Crippen LogP contribution in [0.2, 0.25) is 0 Å². The van der Waals surface area contributed by atoms with Crippen LogP contribution in [0.25, 0.3) is 0 Å². The minimum atomic E-state index is 0.0509. The van der Waals surface area contributed by atoms with Gasteiger partial charge in [-0.2, -0.15) is 0 Å². The summed E-state index contributed by atoms with van der Waals surface area (Å²) in [5.74, 6) is 2.86. The second kappa shape index (κ2) is 6.57. The average Bonchev–Trinajstić information content (AvgIpc) is 3.02. The van der Waals surface area contributed by atoms with Crippen LogP contribution in [0.1, 0.15) is 76.0 Å². The van der Waals surface area contributed by atoms with Gasteiger partial charge in [-0.05, 0) is 92.2 Å². The van der Waals surface area contributed by atoms with Gasteiger partial charge in [-0.25, -0.2) is 0 Å². The number of hydrogen-bond donors (Lipinski definition) is 0. The van der Waals surface area contributed by atoms with Crippen LogP contribution in [-0.4, -0.2) is 22.8 Å². The molecule has 3 fully saturated rings. The van der Waals surface area contributed by atoms with E-state index in [0.29, 0.717) is 29.6 Å². The number of amides is 1. The molecule has 2 heterocycles. The summed E-state index contributed by atoms with van der Waals surface area (Å²) in [5.41, 5.74) is 4.14. The molecule has 156 valence electrons. The van der Waals surface area contributed by atoms with E-state index in [2.05, 4.69) is 37.9 Å². The van der Waals surface area contributed by atoms with Gasteiger partial charge in [0.2, 0.25) is 5.91 Å². The number of halogens is 1. The molecule has 0 N–H and O–H groups in total. The molecule has 4 aliphatic rings. The molecule has 0 spiro atoms. The van der Waals surface area contributed by atoms with Gasteiger partial charge in [-0.3, -0.25) is 9.78 Å². The van der Waals surface area contributed by atoms with Crippen LogP contribution >= 0.6 is 11.6 Å². The zero-order valence-electron chi connectivity index (χ0n) is 18.2. The third-order valence-electron chi connectivity index (χ3n) is 9.36. The molecule has 1 aromatic heterocycles. The number of piperidine rings is 1. The Hall–Kier alpha value is -1.35. The lowest BCUT2D eigenvalue weighted by Crippen LogP contribution is -2.54. The molecule has 1 unspecified atom stereocenters. The SMILES string of the molecule is Cc1cc(C2CC[C@H]3[C@@H]4CC(Cl)=C5N(C)C(=O)CC[C@]5(C)[C@@H]4CC[C@]23C)ccn1. The normalized spacial score (nSPS) is 41.8. The summed E-state index contributed by atoms with van der Waals surface area (Å²) in [6.45, 7) is 7.04. The Morgan fingerprint density at radius 1 is 1.17 bits per heavy atom. The van der Waals surface area contributed by atoms with Crippen molar-refractivity contribution in [2.45, 2.75) is 71.6 Å². The van der Waals surface area contributed by atoms with E-state index in [1.807, 2.05) is 18.1 Å². The van der Waals surface area contributed by atoms with Crippen molar-refractivity contribution in [1.82, 2.24) is 9.88 Å². The highest BCUT2D eigenvalue weighted by Crippen LogP contribution is 2.68. The van der Waals surface area contributed by atoms with Gasteiger partial charge in [0.25, 0.3) is 0 Å². The lowest BCUT2D eigenvalue weighted by atomic mass is 9.48. The fourth-order valence-corrected chi connectivity index (χ4v) is 8.53. The van der Waals surface area contributed by atoms with Crippen LogP contribution in [-0.2, 0) is 4.79 Å². The van der Waals surface area contributed by atoms with E-state index < -0.39 is 0 Å². The van der Waals surface area contributed by atoms with Crippen LogP contribution in [0.4, 0.5) is 0 Å². The Labute approximate surface area is 179 Å². The van der Waals surface area contributed by atoms with E-state index in [-0.39, 0.29) is 11.3 Å². The Morgan fingerprint density at radius 3 is 2.72 bits per heavy atom. The molecule has 0 radical (unpaired) electrons. The summed E-state index contributed by atoms with van der Waals surface area (Å²) < 4.78 is 0. The van der Waals surface area contributed by atoms with Gasteiger partial charge in [-0.15, -0.1) is 0 Å². The number of carbonyl (C=O) groups excluding carboxylic acids is 1. The molecule has 0 aromatic carbocycles. The molecule has 1 aliphatic heterocycles. The van der Waals surface area contributed by atoms with E-state index in [1.165, 1.54) is 31.2 Å². The highest BCUT2D eigenvalue weighted by Gasteiger charge is 2.60. The summed E-state index contributed by atoms with van der Waals surface area (Å²) in [4.78, 5) is 18.7. The van der Waals surface area contributed by atoms with Crippen LogP contribution in [0, 0.1) is 35.5 Å². The predicted molar refractivity (Wildman–Crippen MR) is 116 cm³/mol. The molecule has 4 heteroatoms. The lowest BCUT2D eigenvalue weighted by molar-refractivity contribution is -0.135. The molecule has 6 atom stereocenters. The highest BCUT2D eigenvalue weighted by molar-refractivity contribution is 6.30. The van der Waals surface area contributed by atoms with Crippen molar-refractivity contribution >= 4 is 17.5 Å². The third-order valence-corrected chi connectivity index (χ3v) is 9.69. The maximum Gasteiger partial charge on any atom is 0.226 e. The number of aryl methyl sites for hydroxylation is 1.